The molecule has 1 atom stereocenters. The van der Waals surface area contributed by atoms with Crippen molar-refractivity contribution in [3.63, 3.8) is 0 Å². The summed E-state index contributed by atoms with van der Waals surface area (Å²) in [5.41, 5.74) is 4.97. The number of aromatic amines is 1. The Morgan fingerprint density at radius 2 is 1.83 bits per heavy atom. The van der Waals surface area contributed by atoms with Crippen molar-refractivity contribution in [3.05, 3.63) is 48.2 Å². The molecule has 4 aromatic rings. The highest BCUT2D eigenvalue weighted by molar-refractivity contribution is 5.79. The summed E-state index contributed by atoms with van der Waals surface area (Å²) in [6, 6.07) is 13.9. The van der Waals surface area contributed by atoms with Crippen LogP contribution in [0.1, 0.15) is 40.2 Å². The predicted molar refractivity (Wildman–Crippen MR) is 120 cm³/mol. The van der Waals surface area contributed by atoms with Crippen LogP contribution in [0.3, 0.4) is 0 Å². The van der Waals surface area contributed by atoms with Gasteiger partial charge in [-0.2, -0.15) is 4.98 Å². The zero-order valence-corrected chi connectivity index (χ0v) is 17.7. The first-order valence-corrected chi connectivity index (χ1v) is 10.3. The van der Waals surface area contributed by atoms with Gasteiger partial charge in [0.25, 0.3) is 6.01 Å². The van der Waals surface area contributed by atoms with E-state index in [1.54, 1.807) is 0 Å². The lowest BCUT2D eigenvalue weighted by atomic mass is 10.1. The molecule has 0 aliphatic carbocycles. The highest BCUT2D eigenvalue weighted by Crippen LogP contribution is 2.26. The molecule has 0 fully saturated rings. The van der Waals surface area contributed by atoms with Crippen LogP contribution >= 0.6 is 0 Å². The molecule has 152 valence electrons. The van der Waals surface area contributed by atoms with Gasteiger partial charge in [-0.05, 0) is 70.9 Å². The van der Waals surface area contributed by atoms with Gasteiger partial charge in [0.15, 0.2) is 5.58 Å². The number of rotatable bonds is 7. The number of hydrogen-bond donors (Lipinski definition) is 2. The summed E-state index contributed by atoms with van der Waals surface area (Å²) in [6.07, 6.45) is 2.69. The summed E-state index contributed by atoms with van der Waals surface area (Å²) < 4.78 is 6.11. The minimum Gasteiger partial charge on any atom is -0.423 e. The lowest BCUT2D eigenvalue weighted by Crippen LogP contribution is -2.37. The number of benzene rings is 1. The Hall–Kier alpha value is -3.02. The van der Waals surface area contributed by atoms with Crippen molar-refractivity contribution in [2.24, 2.45) is 0 Å². The van der Waals surface area contributed by atoms with Gasteiger partial charge in [-0.1, -0.05) is 6.07 Å². The first kappa shape index (κ1) is 19.3. The van der Waals surface area contributed by atoms with Crippen molar-refractivity contribution >= 4 is 34.0 Å². The van der Waals surface area contributed by atoms with E-state index in [2.05, 4.69) is 73.0 Å². The zero-order valence-electron chi connectivity index (χ0n) is 17.7. The molecule has 0 saturated carbocycles. The van der Waals surface area contributed by atoms with Crippen LogP contribution in [0.4, 0.5) is 11.8 Å². The van der Waals surface area contributed by atoms with Crippen LogP contribution in [0.25, 0.3) is 22.1 Å². The summed E-state index contributed by atoms with van der Waals surface area (Å²) in [4.78, 5) is 14.6. The van der Waals surface area contributed by atoms with Crippen LogP contribution in [0, 0.1) is 0 Å². The molecule has 3 aromatic heterocycles. The van der Waals surface area contributed by atoms with E-state index >= 15 is 0 Å². The third-order valence-electron chi connectivity index (χ3n) is 5.11. The van der Waals surface area contributed by atoms with Crippen LogP contribution in [0.2, 0.25) is 0 Å². The number of fused-ring (bicyclic) bond motifs is 2. The van der Waals surface area contributed by atoms with Crippen molar-refractivity contribution < 1.29 is 4.42 Å². The minimum atomic E-state index is 0.255. The van der Waals surface area contributed by atoms with Crippen molar-refractivity contribution in [1.82, 2.24) is 15.0 Å². The predicted octanol–water partition coefficient (Wildman–Crippen LogP) is 5.37. The molecule has 0 saturated heterocycles. The molecule has 0 spiro atoms. The van der Waals surface area contributed by atoms with Gasteiger partial charge < -0.3 is 19.6 Å². The quantitative estimate of drug-likeness (QED) is 0.443. The molecule has 0 amide bonds. The normalized spacial score (nSPS) is 12.9. The molecule has 2 N–H and O–H groups in total. The number of nitrogens with zero attached hydrogens (tertiary/aromatic N) is 3. The van der Waals surface area contributed by atoms with Gasteiger partial charge in [0.05, 0.1) is 11.0 Å². The molecule has 6 nitrogen and oxygen atoms in total. The van der Waals surface area contributed by atoms with Crippen LogP contribution in [0.5, 0.6) is 0 Å². The van der Waals surface area contributed by atoms with E-state index in [9.17, 15) is 0 Å². The first-order valence-electron chi connectivity index (χ1n) is 10.3. The number of hydrogen-bond acceptors (Lipinski definition) is 5. The van der Waals surface area contributed by atoms with Crippen LogP contribution in [0.15, 0.2) is 47.0 Å². The summed E-state index contributed by atoms with van der Waals surface area (Å²) in [5, 5.41) is 3.53. The second-order valence-electron chi connectivity index (χ2n) is 8.26. The molecule has 0 radical (unpaired) electrons. The summed E-state index contributed by atoms with van der Waals surface area (Å²) in [7, 11) is 0. The smallest absolute Gasteiger partial charge is 0.298 e. The molecule has 0 bridgehead atoms. The highest BCUT2D eigenvalue weighted by Gasteiger charge is 2.20. The molecule has 0 aliphatic heterocycles. The molecular formula is C23H29N5O. The van der Waals surface area contributed by atoms with Crippen LogP contribution in [-0.2, 0) is 6.42 Å². The van der Waals surface area contributed by atoms with Gasteiger partial charge in [0, 0.05) is 30.4 Å². The minimum absolute atomic E-state index is 0.255. The second-order valence-corrected chi connectivity index (χ2v) is 8.26. The second kappa shape index (κ2) is 7.78. The third-order valence-corrected chi connectivity index (χ3v) is 5.11. The standard InChI is InChI=1S/C23H29N5O/c1-14(2)28(15(3)4)23-27-19-9-8-17(12-21(19)29-23)11-16(5)25-22-13-20-18(26-22)7-6-10-24-20/h6-10,12-16,25-26H,11H2,1-5H3. The third kappa shape index (κ3) is 4.06. The van der Waals surface area contributed by atoms with Crippen LogP contribution in [-0.4, -0.2) is 33.1 Å². The summed E-state index contributed by atoms with van der Waals surface area (Å²) in [6.45, 7) is 10.8. The molecular weight excluding hydrogens is 362 g/mol. The molecule has 6 heteroatoms. The van der Waals surface area contributed by atoms with Gasteiger partial charge >= 0.3 is 0 Å². The monoisotopic (exact) mass is 391 g/mol. The van der Waals surface area contributed by atoms with Crippen molar-refractivity contribution in [3.8, 4) is 0 Å². The Morgan fingerprint density at radius 3 is 2.55 bits per heavy atom. The number of nitrogens with one attached hydrogen (secondary N) is 2. The van der Waals surface area contributed by atoms with E-state index in [-0.39, 0.29) is 6.04 Å². The Labute approximate surface area is 171 Å². The average Bonchev–Trinajstić information content (AvgIpc) is 3.23. The fourth-order valence-electron chi connectivity index (χ4n) is 3.94. The lowest BCUT2D eigenvalue weighted by Gasteiger charge is -2.28. The fraction of sp³-hybridized carbons (Fsp3) is 0.391. The zero-order chi connectivity index (χ0) is 20.5. The van der Waals surface area contributed by atoms with Gasteiger partial charge in [-0.15, -0.1) is 0 Å². The van der Waals surface area contributed by atoms with Gasteiger partial charge in [0.2, 0.25) is 0 Å². The SMILES string of the molecule is CC(Cc1ccc2nc(N(C(C)C)C(C)C)oc2c1)Nc1cc2ncccc2[nH]1. The summed E-state index contributed by atoms with van der Waals surface area (Å²) in [5.74, 6) is 0.985. The van der Waals surface area contributed by atoms with E-state index in [1.807, 2.05) is 24.4 Å². The Morgan fingerprint density at radius 1 is 1.03 bits per heavy atom. The van der Waals surface area contributed by atoms with Gasteiger partial charge in [0.1, 0.15) is 11.3 Å². The maximum absolute atomic E-state index is 6.11. The van der Waals surface area contributed by atoms with Crippen molar-refractivity contribution in [2.75, 3.05) is 10.2 Å². The van der Waals surface area contributed by atoms with Crippen molar-refractivity contribution in [1.29, 1.82) is 0 Å². The van der Waals surface area contributed by atoms with E-state index in [0.29, 0.717) is 18.1 Å². The Kier molecular flexibility index (Phi) is 5.18. The van der Waals surface area contributed by atoms with E-state index < -0.39 is 0 Å². The number of aromatic nitrogens is 3. The number of anilines is 2. The van der Waals surface area contributed by atoms with Crippen LogP contribution < -0.4 is 10.2 Å². The van der Waals surface area contributed by atoms with E-state index in [0.717, 1.165) is 34.4 Å². The van der Waals surface area contributed by atoms with Gasteiger partial charge in [-0.25, -0.2) is 0 Å². The van der Waals surface area contributed by atoms with Gasteiger partial charge in [-0.3, -0.25) is 4.98 Å². The largest absolute Gasteiger partial charge is 0.423 e. The molecule has 29 heavy (non-hydrogen) atoms. The lowest BCUT2D eigenvalue weighted by molar-refractivity contribution is 0.505. The molecule has 3 heterocycles. The average molecular weight is 392 g/mol. The van der Waals surface area contributed by atoms with Crippen molar-refractivity contribution in [2.45, 2.75) is 59.2 Å². The maximum Gasteiger partial charge on any atom is 0.298 e. The summed E-state index contributed by atoms with van der Waals surface area (Å²) >= 11 is 0. The number of oxazole rings is 1. The first-order chi connectivity index (χ1) is 13.9. The van der Waals surface area contributed by atoms with E-state index in [4.69, 9.17) is 9.40 Å². The highest BCUT2D eigenvalue weighted by atomic mass is 16.4. The number of pyridine rings is 1. The molecule has 4 rings (SSSR count). The Balaban J connectivity index is 1.50. The molecule has 1 unspecified atom stereocenters. The topological polar surface area (TPSA) is 70.0 Å². The Bertz CT molecular complexity index is 1070. The van der Waals surface area contributed by atoms with E-state index in [1.165, 1.54) is 5.56 Å². The molecule has 1 aromatic carbocycles. The number of H-pyrrole nitrogens is 1. The maximum atomic E-state index is 6.11. The fourth-order valence-corrected chi connectivity index (χ4v) is 3.94. The molecule has 0 aliphatic rings.